The van der Waals surface area contributed by atoms with Gasteiger partial charge in [-0.05, 0) is 27.7 Å². The summed E-state index contributed by atoms with van der Waals surface area (Å²) in [6.45, 7) is 8.41. The van der Waals surface area contributed by atoms with Gasteiger partial charge in [0.05, 0.1) is 31.2 Å². The van der Waals surface area contributed by atoms with Crippen molar-refractivity contribution in [3.63, 3.8) is 0 Å². The van der Waals surface area contributed by atoms with Gasteiger partial charge in [-0.3, -0.25) is 0 Å². The Kier molecular flexibility index (Phi) is 2.06. The lowest BCUT2D eigenvalue weighted by Gasteiger charge is -1.99. The number of rotatable bonds is 0. The van der Waals surface area contributed by atoms with Crippen molar-refractivity contribution in [1.82, 2.24) is 9.97 Å². The second-order valence-corrected chi connectivity index (χ2v) is 6.60. The zero-order valence-corrected chi connectivity index (χ0v) is 11.3. The molecule has 1 aliphatic carbocycles. The molecule has 0 saturated carbocycles. The van der Waals surface area contributed by atoms with E-state index in [4.69, 9.17) is 0 Å². The van der Waals surface area contributed by atoms with Crippen LogP contribution in [0.3, 0.4) is 0 Å². The van der Waals surface area contributed by atoms with Gasteiger partial charge in [0, 0.05) is 5.57 Å². The van der Waals surface area contributed by atoms with E-state index in [1.807, 2.05) is 0 Å². The molecular weight excluding hydrogens is 236 g/mol. The van der Waals surface area contributed by atoms with Gasteiger partial charge < -0.3 is 0 Å². The summed E-state index contributed by atoms with van der Waals surface area (Å²) in [5, 5.41) is 2.28. The lowest BCUT2D eigenvalue weighted by Crippen LogP contribution is -1.88. The van der Waals surface area contributed by atoms with Crippen LogP contribution in [0.2, 0.25) is 0 Å². The number of aryl methyl sites for hydroxylation is 2. The van der Waals surface area contributed by atoms with Gasteiger partial charge in [0.25, 0.3) is 0 Å². The number of hydrogen-bond donors (Lipinski definition) is 0. The van der Waals surface area contributed by atoms with E-state index in [0.717, 1.165) is 21.4 Å². The Morgan fingerprint density at radius 2 is 1.31 bits per heavy atom. The van der Waals surface area contributed by atoms with Crippen molar-refractivity contribution >= 4 is 28.2 Å². The van der Waals surface area contributed by atoms with Crippen molar-refractivity contribution in [2.45, 2.75) is 27.7 Å². The number of thiazole rings is 2. The third-order valence-corrected chi connectivity index (χ3v) is 4.75. The van der Waals surface area contributed by atoms with E-state index >= 15 is 0 Å². The van der Waals surface area contributed by atoms with Crippen molar-refractivity contribution in [2.24, 2.45) is 0 Å². The van der Waals surface area contributed by atoms with Crippen LogP contribution in [0.5, 0.6) is 0 Å². The SMILES string of the molecule is CC(C)=C1c2nc(C)sc2-c2sc(C)nc21. The highest BCUT2D eigenvalue weighted by atomic mass is 32.1. The highest BCUT2D eigenvalue weighted by molar-refractivity contribution is 7.22. The second kappa shape index (κ2) is 3.25. The molecule has 0 bridgehead atoms. The van der Waals surface area contributed by atoms with Gasteiger partial charge in [0.1, 0.15) is 0 Å². The molecule has 0 radical (unpaired) electrons. The molecule has 0 N–H and O–H groups in total. The number of allylic oxidation sites excluding steroid dienone is 1. The van der Waals surface area contributed by atoms with Crippen molar-refractivity contribution < 1.29 is 0 Å². The van der Waals surface area contributed by atoms with Crippen LogP contribution in [0.1, 0.15) is 35.3 Å². The smallest absolute Gasteiger partial charge is 0.0924 e. The molecule has 2 heterocycles. The molecule has 0 saturated heterocycles. The molecule has 0 aliphatic heterocycles. The first kappa shape index (κ1) is 10.2. The minimum atomic E-state index is 1.14. The molecule has 2 aromatic heterocycles. The minimum absolute atomic E-state index is 1.14. The van der Waals surface area contributed by atoms with Crippen molar-refractivity contribution in [3.05, 3.63) is 27.0 Å². The number of aromatic nitrogens is 2. The standard InChI is InChI=1S/C12H12N2S2/c1-5(2)8-9-11(15-6(3)13-9)12-10(8)14-7(4)16-12/h1-4H3. The van der Waals surface area contributed by atoms with Crippen LogP contribution in [-0.4, -0.2) is 9.97 Å². The maximum Gasteiger partial charge on any atom is 0.0924 e. The fraction of sp³-hybridized carbons (Fsp3) is 0.333. The van der Waals surface area contributed by atoms with Gasteiger partial charge >= 0.3 is 0 Å². The maximum atomic E-state index is 4.64. The highest BCUT2D eigenvalue weighted by Gasteiger charge is 2.31. The topological polar surface area (TPSA) is 25.8 Å². The minimum Gasteiger partial charge on any atom is -0.241 e. The molecule has 0 spiro atoms. The average molecular weight is 248 g/mol. The summed E-state index contributed by atoms with van der Waals surface area (Å²) in [7, 11) is 0. The van der Waals surface area contributed by atoms with E-state index in [9.17, 15) is 0 Å². The van der Waals surface area contributed by atoms with Gasteiger partial charge in [-0.2, -0.15) is 0 Å². The number of fused-ring (bicyclic) bond motifs is 3. The Bertz CT molecular complexity index is 565. The van der Waals surface area contributed by atoms with Gasteiger partial charge in [0.2, 0.25) is 0 Å². The quantitative estimate of drug-likeness (QED) is 0.600. The zero-order valence-electron chi connectivity index (χ0n) is 9.71. The first-order valence-electron chi connectivity index (χ1n) is 5.21. The molecule has 0 atom stereocenters. The van der Waals surface area contributed by atoms with Crippen molar-refractivity contribution in [1.29, 1.82) is 0 Å². The first-order valence-corrected chi connectivity index (χ1v) is 6.84. The highest BCUT2D eigenvalue weighted by Crippen LogP contribution is 2.50. The Hall–Kier alpha value is -1.00. The average Bonchev–Trinajstić information content (AvgIpc) is 2.75. The fourth-order valence-electron chi connectivity index (χ4n) is 2.09. The third-order valence-electron chi connectivity index (χ3n) is 2.65. The van der Waals surface area contributed by atoms with Crippen LogP contribution in [0, 0.1) is 13.8 Å². The summed E-state index contributed by atoms with van der Waals surface area (Å²) in [5.41, 5.74) is 4.85. The molecule has 2 aromatic rings. The van der Waals surface area contributed by atoms with E-state index in [1.165, 1.54) is 20.9 Å². The molecule has 0 fully saturated rings. The summed E-state index contributed by atoms with van der Waals surface area (Å²) in [5.74, 6) is 0. The maximum absolute atomic E-state index is 4.64. The predicted octanol–water partition coefficient (Wildman–Crippen LogP) is 4.04. The summed E-state index contributed by atoms with van der Waals surface area (Å²) in [4.78, 5) is 11.9. The number of nitrogens with zero attached hydrogens (tertiary/aromatic N) is 2. The summed E-state index contributed by atoms with van der Waals surface area (Å²) < 4.78 is 0. The Morgan fingerprint density at radius 1 is 0.875 bits per heavy atom. The van der Waals surface area contributed by atoms with E-state index in [2.05, 4.69) is 37.7 Å². The molecule has 82 valence electrons. The van der Waals surface area contributed by atoms with Crippen LogP contribution in [0.15, 0.2) is 5.57 Å². The van der Waals surface area contributed by atoms with Gasteiger partial charge in [-0.1, -0.05) is 5.57 Å². The normalized spacial score (nSPS) is 12.9. The van der Waals surface area contributed by atoms with Gasteiger partial charge in [-0.15, -0.1) is 22.7 Å². The van der Waals surface area contributed by atoms with Gasteiger partial charge in [-0.25, -0.2) is 9.97 Å². The van der Waals surface area contributed by atoms with Crippen LogP contribution in [-0.2, 0) is 0 Å². The number of hydrogen-bond acceptors (Lipinski definition) is 4. The monoisotopic (exact) mass is 248 g/mol. The molecule has 16 heavy (non-hydrogen) atoms. The Balaban J connectivity index is 2.41. The largest absolute Gasteiger partial charge is 0.241 e. The molecule has 2 nitrogen and oxygen atoms in total. The molecule has 0 unspecified atom stereocenters. The third kappa shape index (κ3) is 1.23. The van der Waals surface area contributed by atoms with Crippen LogP contribution >= 0.6 is 22.7 Å². The molecule has 1 aliphatic rings. The molecule has 0 amide bonds. The van der Waals surface area contributed by atoms with E-state index in [1.54, 1.807) is 22.7 Å². The lowest BCUT2D eigenvalue weighted by atomic mass is 10.1. The Labute approximate surface area is 103 Å². The molecule has 0 aromatic carbocycles. The molecular formula is C12H12N2S2. The first-order chi connectivity index (χ1) is 7.58. The van der Waals surface area contributed by atoms with Crippen LogP contribution in [0.4, 0.5) is 0 Å². The fourth-order valence-corrected chi connectivity index (χ4v) is 4.07. The van der Waals surface area contributed by atoms with Crippen molar-refractivity contribution in [3.8, 4) is 9.75 Å². The summed E-state index contributed by atoms with van der Waals surface area (Å²) in [6.07, 6.45) is 0. The molecule has 4 heteroatoms. The predicted molar refractivity (Wildman–Crippen MR) is 70.1 cm³/mol. The van der Waals surface area contributed by atoms with E-state index < -0.39 is 0 Å². The lowest BCUT2D eigenvalue weighted by molar-refractivity contribution is 1.22. The second-order valence-electron chi connectivity index (χ2n) is 4.20. The summed E-state index contributed by atoms with van der Waals surface area (Å²) >= 11 is 3.56. The van der Waals surface area contributed by atoms with Crippen LogP contribution < -0.4 is 0 Å². The molecule has 3 rings (SSSR count). The van der Waals surface area contributed by atoms with E-state index in [-0.39, 0.29) is 0 Å². The zero-order chi connectivity index (χ0) is 11.4. The van der Waals surface area contributed by atoms with Gasteiger partial charge in [0.15, 0.2) is 0 Å². The Morgan fingerprint density at radius 3 is 1.69 bits per heavy atom. The summed E-state index contributed by atoms with van der Waals surface area (Å²) in [6, 6.07) is 0. The van der Waals surface area contributed by atoms with Crippen molar-refractivity contribution in [2.75, 3.05) is 0 Å². The van der Waals surface area contributed by atoms with E-state index in [0.29, 0.717) is 0 Å². The van der Waals surface area contributed by atoms with Crippen LogP contribution in [0.25, 0.3) is 15.3 Å².